The summed E-state index contributed by atoms with van der Waals surface area (Å²) in [5.41, 5.74) is -3.42. The Morgan fingerprint density at radius 3 is 2.51 bits per heavy atom. The number of hydrogen-bond donors (Lipinski definition) is 5. The molecule has 1 aromatic carbocycles. The Kier molecular flexibility index (Phi) is 5.23. The number of carbonyl (C=O) groups excluding carboxylic acids is 2. The van der Waals surface area contributed by atoms with E-state index in [-0.39, 0.29) is 47.3 Å². The number of aliphatic hydroxyl groups excluding tert-OH is 2. The molecule has 4 aliphatic rings. The molecule has 1 heterocycles. The number of halogens is 3. The van der Waals surface area contributed by atoms with Gasteiger partial charge in [0.15, 0.2) is 11.4 Å². The Labute approximate surface area is 197 Å². The highest BCUT2D eigenvalue weighted by atomic mass is 19.4. The number of benzene rings is 1. The molecule has 5 N–H and O–H groups in total. The van der Waals surface area contributed by atoms with Crippen LogP contribution in [0.25, 0.3) is 0 Å². The zero-order valence-corrected chi connectivity index (χ0v) is 18.7. The molecule has 11 heteroatoms. The second-order valence-electron chi connectivity index (χ2n) is 9.66. The minimum Gasteiger partial charge on any atom is -0.512 e. The van der Waals surface area contributed by atoms with E-state index >= 15 is 0 Å². The van der Waals surface area contributed by atoms with Crippen LogP contribution in [0.1, 0.15) is 60.1 Å². The lowest BCUT2D eigenvalue weighted by atomic mass is 9.60. The predicted octanol–water partition coefficient (Wildman–Crippen LogP) is 3.44. The molecule has 188 valence electrons. The molecule has 5 rings (SSSR count). The Morgan fingerprint density at radius 1 is 1.17 bits per heavy atom. The van der Waals surface area contributed by atoms with Crippen molar-refractivity contribution < 1.29 is 47.9 Å². The van der Waals surface area contributed by atoms with E-state index in [0.29, 0.717) is 19.4 Å². The van der Waals surface area contributed by atoms with Gasteiger partial charge in [-0.05, 0) is 51.1 Å². The first-order chi connectivity index (χ1) is 16.3. The molecule has 0 saturated carbocycles. The summed E-state index contributed by atoms with van der Waals surface area (Å²) in [4.78, 5) is 26.3. The number of nitrogens with one attached hydrogen (secondary N) is 1. The van der Waals surface area contributed by atoms with Crippen molar-refractivity contribution in [2.75, 3.05) is 6.54 Å². The average Bonchev–Trinajstić information content (AvgIpc) is 3.30. The molecule has 0 amide bonds. The van der Waals surface area contributed by atoms with Crippen molar-refractivity contribution in [2.45, 2.75) is 57.0 Å². The van der Waals surface area contributed by atoms with Crippen LogP contribution in [-0.4, -0.2) is 50.5 Å². The van der Waals surface area contributed by atoms with E-state index in [1.54, 1.807) is 0 Å². The monoisotopic (exact) mass is 495 g/mol. The molecule has 0 spiro atoms. The summed E-state index contributed by atoms with van der Waals surface area (Å²) >= 11 is 0. The summed E-state index contributed by atoms with van der Waals surface area (Å²) in [7, 11) is 0. The zero-order valence-electron chi connectivity index (χ0n) is 18.7. The number of phenols is 1. The second kappa shape index (κ2) is 7.72. The van der Waals surface area contributed by atoms with E-state index in [2.05, 4.69) is 10.1 Å². The average molecular weight is 495 g/mol. The Morgan fingerprint density at radius 2 is 1.89 bits per heavy atom. The number of carbonyl (C=O) groups is 2. The first-order valence-corrected chi connectivity index (χ1v) is 11.4. The fraction of sp³-hybridized carbons (Fsp3) is 0.500. The van der Waals surface area contributed by atoms with Crippen molar-refractivity contribution in [3.63, 3.8) is 0 Å². The van der Waals surface area contributed by atoms with Crippen molar-refractivity contribution >= 4 is 11.6 Å². The maximum atomic E-state index is 13.5. The van der Waals surface area contributed by atoms with Crippen LogP contribution in [0.5, 0.6) is 11.5 Å². The van der Waals surface area contributed by atoms with Crippen molar-refractivity contribution in [3.05, 3.63) is 45.4 Å². The molecule has 1 saturated heterocycles. The maximum absolute atomic E-state index is 13.5. The quantitative estimate of drug-likeness (QED) is 0.421. The molecular weight excluding hydrogens is 471 g/mol. The van der Waals surface area contributed by atoms with Gasteiger partial charge >= 0.3 is 6.36 Å². The predicted molar refractivity (Wildman–Crippen MR) is 114 cm³/mol. The van der Waals surface area contributed by atoms with E-state index in [9.17, 15) is 43.2 Å². The third-order valence-electron chi connectivity index (χ3n) is 7.71. The molecule has 35 heavy (non-hydrogen) atoms. The summed E-state index contributed by atoms with van der Waals surface area (Å²) in [5.74, 6) is -6.03. The first kappa shape index (κ1) is 23.7. The van der Waals surface area contributed by atoms with E-state index in [1.165, 1.54) is 6.92 Å². The fourth-order valence-corrected chi connectivity index (χ4v) is 6.03. The van der Waals surface area contributed by atoms with Crippen molar-refractivity contribution in [1.82, 2.24) is 5.32 Å². The van der Waals surface area contributed by atoms with Gasteiger partial charge in [0.25, 0.3) is 0 Å². The Balaban J connectivity index is 1.69. The van der Waals surface area contributed by atoms with E-state index in [1.807, 2.05) is 0 Å². The van der Waals surface area contributed by atoms with E-state index in [0.717, 1.165) is 6.07 Å². The van der Waals surface area contributed by atoms with Gasteiger partial charge < -0.3 is 30.5 Å². The molecule has 2 unspecified atom stereocenters. The van der Waals surface area contributed by atoms with Gasteiger partial charge in [-0.25, -0.2) is 0 Å². The maximum Gasteiger partial charge on any atom is 0.573 e. The van der Waals surface area contributed by atoms with Crippen LogP contribution in [0.15, 0.2) is 28.7 Å². The van der Waals surface area contributed by atoms with Crippen LogP contribution in [0, 0.1) is 11.8 Å². The number of fused-ring (bicyclic) bond motifs is 3. The number of ether oxygens (including phenoxy) is 1. The molecule has 0 radical (unpaired) electrons. The number of ketones is 2. The van der Waals surface area contributed by atoms with E-state index in [4.69, 9.17) is 0 Å². The summed E-state index contributed by atoms with van der Waals surface area (Å²) in [6.45, 7) is 1.86. The van der Waals surface area contributed by atoms with Gasteiger partial charge in [0.05, 0.1) is 11.3 Å². The molecule has 1 aromatic rings. The molecule has 0 aromatic heterocycles. The first-order valence-electron chi connectivity index (χ1n) is 11.4. The number of alkyl halides is 3. The topological polar surface area (TPSA) is 136 Å². The Hall–Kier alpha value is -3.05. The molecule has 1 aliphatic heterocycles. The summed E-state index contributed by atoms with van der Waals surface area (Å²) in [6, 6.07) is 0.553. The molecule has 1 fully saturated rings. The third kappa shape index (κ3) is 3.43. The van der Waals surface area contributed by atoms with Crippen LogP contribution in [0.4, 0.5) is 13.2 Å². The Bertz CT molecular complexity index is 1210. The normalized spacial score (nSPS) is 30.8. The minimum absolute atomic E-state index is 0.0533. The number of allylic oxidation sites excluding steroid dienone is 2. The number of aromatic hydroxyl groups is 1. The summed E-state index contributed by atoms with van der Waals surface area (Å²) in [5, 5.41) is 46.1. The molecule has 0 bridgehead atoms. The molecule has 4 atom stereocenters. The minimum atomic E-state index is -5.06. The van der Waals surface area contributed by atoms with Gasteiger partial charge in [-0.1, -0.05) is 0 Å². The van der Waals surface area contributed by atoms with Crippen LogP contribution in [0.2, 0.25) is 0 Å². The number of phenolic OH excluding ortho intramolecular Hbond substituents is 1. The van der Waals surface area contributed by atoms with Crippen molar-refractivity contribution in [3.8, 4) is 11.5 Å². The SMILES string of the molecule is CC1=C(O)C[C@@H]2CC3Cc4c(OC(F)(F)F)c(C5CCCN5)cc(O)c4C(=O)C3=C(O)[C@]2(O)C1=O. The van der Waals surface area contributed by atoms with Gasteiger partial charge in [-0.15, -0.1) is 13.2 Å². The highest BCUT2D eigenvalue weighted by molar-refractivity contribution is 6.15. The van der Waals surface area contributed by atoms with Gasteiger partial charge in [-0.3, -0.25) is 9.59 Å². The highest BCUT2D eigenvalue weighted by Gasteiger charge is 2.58. The third-order valence-corrected chi connectivity index (χ3v) is 7.71. The standard InChI is InChI=1S/C24H24F3NO7/c1-9-15(29)7-11-5-10-6-13-18(19(31)17(10)22(33)23(11,34)21(9)32)16(30)8-12(14-3-2-4-28-14)20(13)35-24(25,26)27/h8,10-11,14,28-30,33-34H,2-7H2,1H3/t10?,11-,14?,23+/m0/s1. The number of aliphatic hydroxyl groups is 3. The molecular formula is C24H24F3NO7. The summed E-state index contributed by atoms with van der Waals surface area (Å²) in [6.07, 6.45) is -4.24. The van der Waals surface area contributed by atoms with Crippen LogP contribution >= 0.6 is 0 Å². The lowest BCUT2D eigenvalue weighted by molar-refractivity contribution is -0.275. The van der Waals surface area contributed by atoms with Crippen LogP contribution in [-0.2, 0) is 11.2 Å². The van der Waals surface area contributed by atoms with Gasteiger partial charge in [0.1, 0.15) is 17.3 Å². The number of hydrogen-bond acceptors (Lipinski definition) is 8. The van der Waals surface area contributed by atoms with Gasteiger partial charge in [-0.2, -0.15) is 0 Å². The lowest BCUT2D eigenvalue weighted by Crippen LogP contribution is -2.55. The number of Topliss-reactive ketones (excluding diaryl/α,β-unsaturated/α-hetero) is 2. The molecule has 8 nitrogen and oxygen atoms in total. The lowest BCUT2D eigenvalue weighted by Gasteiger charge is -2.45. The van der Waals surface area contributed by atoms with Crippen LogP contribution < -0.4 is 10.1 Å². The van der Waals surface area contributed by atoms with Crippen molar-refractivity contribution in [1.29, 1.82) is 0 Å². The van der Waals surface area contributed by atoms with E-state index < -0.39 is 64.2 Å². The fourth-order valence-electron chi connectivity index (χ4n) is 6.03. The smallest absolute Gasteiger partial charge is 0.512 e. The van der Waals surface area contributed by atoms with Crippen molar-refractivity contribution in [2.24, 2.45) is 11.8 Å². The number of rotatable bonds is 2. The highest BCUT2D eigenvalue weighted by Crippen LogP contribution is 2.53. The largest absolute Gasteiger partial charge is 0.573 e. The summed E-state index contributed by atoms with van der Waals surface area (Å²) < 4.78 is 44.7. The molecule has 3 aliphatic carbocycles. The second-order valence-corrected chi connectivity index (χ2v) is 9.66. The zero-order chi connectivity index (χ0) is 25.4. The van der Waals surface area contributed by atoms with Crippen LogP contribution in [0.3, 0.4) is 0 Å². The van der Waals surface area contributed by atoms with Gasteiger partial charge in [0, 0.05) is 40.7 Å². The van der Waals surface area contributed by atoms with Gasteiger partial charge in [0.2, 0.25) is 5.78 Å².